The average Bonchev–Trinajstić information content (AvgIpc) is 2.16. The molecule has 0 heterocycles. The Hall–Kier alpha value is -1.95. The molecule has 15 heavy (non-hydrogen) atoms. The minimum absolute atomic E-state index is 0.0184. The summed E-state index contributed by atoms with van der Waals surface area (Å²) in [5.74, 6) is -1.21. The van der Waals surface area contributed by atoms with Crippen LogP contribution in [0.4, 0.5) is 5.69 Å². The molecule has 0 aromatic heterocycles. The number of carboxylic acid groups (broad SMARTS) is 1. The van der Waals surface area contributed by atoms with Gasteiger partial charge in [0.1, 0.15) is 0 Å². The van der Waals surface area contributed by atoms with Crippen LogP contribution in [0, 0.1) is 10.1 Å². The van der Waals surface area contributed by atoms with E-state index >= 15 is 0 Å². The van der Waals surface area contributed by atoms with Gasteiger partial charge in [0, 0.05) is 6.07 Å². The number of hydrogen-bond donors (Lipinski definition) is 2. The Morgan fingerprint density at radius 3 is 2.60 bits per heavy atom. The first-order chi connectivity index (χ1) is 7.02. The fourth-order valence-corrected chi connectivity index (χ4v) is 1.21. The van der Waals surface area contributed by atoms with Crippen molar-refractivity contribution in [1.29, 1.82) is 0 Å². The second-order valence-corrected chi connectivity index (χ2v) is 2.93. The Labute approximate surface area is 84.9 Å². The largest absolute Gasteiger partial charge is 0.481 e. The van der Waals surface area contributed by atoms with Crippen molar-refractivity contribution in [2.75, 3.05) is 0 Å². The molecule has 2 N–H and O–H groups in total. The molecule has 0 unspecified atom stereocenters. The number of carboxylic acids is 1. The third kappa shape index (κ3) is 2.75. The van der Waals surface area contributed by atoms with Gasteiger partial charge in [0.05, 0.1) is 23.0 Å². The number of para-hydroxylation sites is 1. The molecule has 0 aliphatic rings. The third-order valence-electron chi connectivity index (χ3n) is 1.86. The second kappa shape index (κ2) is 4.52. The molecule has 0 saturated carbocycles. The first-order valence-electron chi connectivity index (χ1n) is 4.15. The SMILES string of the molecule is O=C(O)C[C@@H](O)c1ccccc1[N+](=O)[O-]. The lowest BCUT2D eigenvalue weighted by atomic mass is 10.0. The van der Waals surface area contributed by atoms with Gasteiger partial charge in [-0.05, 0) is 6.07 Å². The van der Waals surface area contributed by atoms with Crippen molar-refractivity contribution in [3.05, 3.63) is 39.9 Å². The molecular formula is C9H9NO5. The smallest absolute Gasteiger partial charge is 0.306 e. The predicted molar refractivity (Wildman–Crippen MR) is 50.3 cm³/mol. The Balaban J connectivity index is 3.02. The highest BCUT2D eigenvalue weighted by Crippen LogP contribution is 2.26. The minimum atomic E-state index is -1.36. The van der Waals surface area contributed by atoms with Crippen molar-refractivity contribution < 1.29 is 19.9 Å². The van der Waals surface area contributed by atoms with Crippen molar-refractivity contribution in [3.63, 3.8) is 0 Å². The lowest BCUT2D eigenvalue weighted by molar-refractivity contribution is -0.386. The van der Waals surface area contributed by atoms with Gasteiger partial charge in [-0.2, -0.15) is 0 Å². The number of nitrogens with zero attached hydrogens (tertiary/aromatic N) is 1. The molecule has 0 aliphatic heterocycles. The Morgan fingerprint density at radius 2 is 2.07 bits per heavy atom. The van der Waals surface area contributed by atoms with Crippen molar-refractivity contribution >= 4 is 11.7 Å². The van der Waals surface area contributed by atoms with Crippen molar-refractivity contribution in [2.45, 2.75) is 12.5 Å². The standard InChI is InChI=1S/C9H9NO5/c11-8(5-9(12)13)6-3-1-2-4-7(6)10(14)15/h1-4,8,11H,5H2,(H,12,13)/t8-/m1/s1. The van der Waals surface area contributed by atoms with Crippen LogP contribution in [0.25, 0.3) is 0 Å². The van der Waals surface area contributed by atoms with Crippen LogP contribution in [-0.4, -0.2) is 21.1 Å². The van der Waals surface area contributed by atoms with Crippen molar-refractivity contribution in [2.24, 2.45) is 0 Å². The molecule has 0 spiro atoms. The zero-order valence-corrected chi connectivity index (χ0v) is 7.66. The lowest BCUT2D eigenvalue weighted by Crippen LogP contribution is -2.07. The molecule has 0 aliphatic carbocycles. The van der Waals surface area contributed by atoms with Gasteiger partial charge in [0.25, 0.3) is 5.69 Å². The number of hydrogen-bond acceptors (Lipinski definition) is 4. The summed E-state index contributed by atoms with van der Waals surface area (Å²) in [6.45, 7) is 0. The zero-order valence-electron chi connectivity index (χ0n) is 7.66. The predicted octanol–water partition coefficient (Wildman–Crippen LogP) is 1.10. The number of nitro groups is 1. The fraction of sp³-hybridized carbons (Fsp3) is 0.222. The van der Waals surface area contributed by atoms with Gasteiger partial charge in [0.2, 0.25) is 0 Å². The summed E-state index contributed by atoms with van der Waals surface area (Å²) in [6.07, 6.45) is -1.91. The molecule has 1 rings (SSSR count). The van der Waals surface area contributed by atoms with Crippen LogP contribution in [0.2, 0.25) is 0 Å². The Kier molecular flexibility index (Phi) is 3.35. The quantitative estimate of drug-likeness (QED) is 0.573. The number of aliphatic hydroxyl groups excluding tert-OH is 1. The zero-order chi connectivity index (χ0) is 11.4. The maximum Gasteiger partial charge on any atom is 0.306 e. The molecule has 0 fully saturated rings. The maximum absolute atomic E-state index is 10.6. The highest BCUT2D eigenvalue weighted by molar-refractivity contribution is 5.68. The van der Waals surface area contributed by atoms with Gasteiger partial charge in [-0.1, -0.05) is 12.1 Å². The van der Waals surface area contributed by atoms with Crippen LogP contribution in [0.1, 0.15) is 18.1 Å². The summed E-state index contributed by atoms with van der Waals surface area (Å²) in [6, 6.07) is 5.52. The highest BCUT2D eigenvalue weighted by Gasteiger charge is 2.21. The van der Waals surface area contributed by atoms with E-state index in [1.807, 2.05) is 0 Å². The molecular weight excluding hydrogens is 202 g/mol. The van der Waals surface area contributed by atoms with Crippen LogP contribution in [0.15, 0.2) is 24.3 Å². The van der Waals surface area contributed by atoms with E-state index in [-0.39, 0.29) is 11.3 Å². The summed E-state index contributed by atoms with van der Waals surface area (Å²) in [7, 11) is 0. The van der Waals surface area contributed by atoms with Crippen LogP contribution in [-0.2, 0) is 4.79 Å². The molecule has 0 radical (unpaired) electrons. The van der Waals surface area contributed by atoms with Gasteiger partial charge in [-0.25, -0.2) is 0 Å². The van der Waals surface area contributed by atoms with Crippen LogP contribution in [0.3, 0.4) is 0 Å². The topological polar surface area (TPSA) is 101 Å². The number of carbonyl (C=O) groups is 1. The normalized spacial score (nSPS) is 12.1. The van der Waals surface area contributed by atoms with E-state index < -0.39 is 23.4 Å². The average molecular weight is 211 g/mol. The Bertz CT molecular complexity index is 390. The fourth-order valence-electron chi connectivity index (χ4n) is 1.21. The van der Waals surface area contributed by atoms with E-state index in [2.05, 4.69) is 0 Å². The molecule has 1 atom stereocenters. The maximum atomic E-state index is 10.6. The lowest BCUT2D eigenvalue weighted by Gasteiger charge is -2.07. The number of nitro benzene ring substituents is 1. The van der Waals surface area contributed by atoms with E-state index in [4.69, 9.17) is 5.11 Å². The summed E-state index contributed by atoms with van der Waals surface area (Å²) >= 11 is 0. The molecule has 0 saturated heterocycles. The molecule has 0 bridgehead atoms. The molecule has 6 heteroatoms. The van der Waals surface area contributed by atoms with Crippen LogP contribution in [0.5, 0.6) is 0 Å². The molecule has 1 aromatic rings. The number of rotatable bonds is 4. The number of aliphatic hydroxyl groups is 1. The Morgan fingerprint density at radius 1 is 1.47 bits per heavy atom. The molecule has 1 aromatic carbocycles. The van der Waals surface area contributed by atoms with E-state index in [0.29, 0.717) is 0 Å². The number of benzene rings is 1. The van der Waals surface area contributed by atoms with Crippen LogP contribution >= 0.6 is 0 Å². The highest BCUT2D eigenvalue weighted by atomic mass is 16.6. The number of aliphatic carboxylic acids is 1. The third-order valence-corrected chi connectivity index (χ3v) is 1.86. The first-order valence-corrected chi connectivity index (χ1v) is 4.15. The second-order valence-electron chi connectivity index (χ2n) is 2.93. The molecule has 0 amide bonds. The van der Waals surface area contributed by atoms with Gasteiger partial charge in [-0.15, -0.1) is 0 Å². The molecule has 6 nitrogen and oxygen atoms in total. The van der Waals surface area contributed by atoms with Gasteiger partial charge in [0.15, 0.2) is 0 Å². The van der Waals surface area contributed by atoms with E-state index in [0.717, 1.165) is 0 Å². The monoisotopic (exact) mass is 211 g/mol. The minimum Gasteiger partial charge on any atom is -0.481 e. The first kappa shape index (κ1) is 11.1. The van der Waals surface area contributed by atoms with Gasteiger partial charge < -0.3 is 10.2 Å². The van der Waals surface area contributed by atoms with Crippen molar-refractivity contribution in [1.82, 2.24) is 0 Å². The van der Waals surface area contributed by atoms with Crippen LogP contribution < -0.4 is 0 Å². The van der Waals surface area contributed by atoms with Gasteiger partial charge >= 0.3 is 5.97 Å². The van der Waals surface area contributed by atoms with Crippen molar-refractivity contribution in [3.8, 4) is 0 Å². The summed E-state index contributed by atoms with van der Waals surface area (Å²) < 4.78 is 0. The van der Waals surface area contributed by atoms with Gasteiger partial charge in [-0.3, -0.25) is 14.9 Å². The van der Waals surface area contributed by atoms with E-state index in [1.54, 1.807) is 0 Å². The summed E-state index contributed by atoms with van der Waals surface area (Å²) in [5.41, 5.74) is -0.254. The molecule has 80 valence electrons. The van der Waals surface area contributed by atoms with E-state index in [1.165, 1.54) is 24.3 Å². The summed E-state index contributed by atoms with van der Waals surface area (Å²) in [5, 5.41) is 28.4. The van der Waals surface area contributed by atoms with E-state index in [9.17, 15) is 20.0 Å². The summed E-state index contributed by atoms with van der Waals surface area (Å²) in [4.78, 5) is 20.2.